The van der Waals surface area contributed by atoms with Gasteiger partial charge in [-0.25, -0.2) is 0 Å². The van der Waals surface area contributed by atoms with Gasteiger partial charge in [0.25, 0.3) is 0 Å². The average Bonchev–Trinajstić information content (AvgIpc) is 2.85. The first-order valence-corrected chi connectivity index (χ1v) is 6.72. The van der Waals surface area contributed by atoms with Crippen molar-refractivity contribution in [1.29, 1.82) is 0 Å². The minimum atomic E-state index is 0.294. The second-order valence-electron chi connectivity index (χ2n) is 4.68. The van der Waals surface area contributed by atoms with Crippen LogP contribution in [0.3, 0.4) is 0 Å². The summed E-state index contributed by atoms with van der Waals surface area (Å²) in [7, 11) is 0. The molecule has 2 rings (SSSR count). The normalized spacial score (nSPS) is 21.5. The van der Waals surface area contributed by atoms with E-state index in [1.807, 2.05) is 25.1 Å². The van der Waals surface area contributed by atoms with E-state index in [-0.39, 0.29) is 0 Å². The third-order valence-corrected chi connectivity index (χ3v) is 3.93. The molecule has 1 heterocycles. The molecule has 0 unspecified atom stereocenters. The fourth-order valence-corrected chi connectivity index (χ4v) is 2.55. The number of ether oxygens (including phenoxy) is 1. The SMILES string of the molecule is CC[C@H](Oc1cccc(Cl)c1C)[C@H]1CCNC1. The van der Waals surface area contributed by atoms with Crippen LogP contribution < -0.4 is 10.1 Å². The van der Waals surface area contributed by atoms with Crippen molar-refractivity contribution in [2.75, 3.05) is 13.1 Å². The summed E-state index contributed by atoms with van der Waals surface area (Å²) in [5.74, 6) is 1.55. The number of benzene rings is 1. The van der Waals surface area contributed by atoms with Crippen molar-refractivity contribution >= 4 is 11.6 Å². The molecule has 1 aliphatic rings. The molecule has 1 aromatic rings. The average molecular weight is 254 g/mol. The molecule has 94 valence electrons. The quantitative estimate of drug-likeness (QED) is 0.888. The van der Waals surface area contributed by atoms with Crippen molar-refractivity contribution in [3.63, 3.8) is 0 Å². The van der Waals surface area contributed by atoms with E-state index in [4.69, 9.17) is 16.3 Å². The van der Waals surface area contributed by atoms with Crippen LogP contribution >= 0.6 is 11.6 Å². The summed E-state index contributed by atoms with van der Waals surface area (Å²) in [6.07, 6.45) is 2.54. The van der Waals surface area contributed by atoms with Crippen LogP contribution in [0.5, 0.6) is 5.75 Å². The lowest BCUT2D eigenvalue weighted by atomic mass is 9.99. The first-order chi connectivity index (χ1) is 8.22. The summed E-state index contributed by atoms with van der Waals surface area (Å²) in [5.41, 5.74) is 1.04. The predicted molar refractivity (Wildman–Crippen MR) is 71.9 cm³/mol. The molecule has 1 aromatic carbocycles. The van der Waals surface area contributed by atoms with Gasteiger partial charge in [-0.2, -0.15) is 0 Å². The van der Waals surface area contributed by atoms with Gasteiger partial charge < -0.3 is 10.1 Å². The summed E-state index contributed by atoms with van der Waals surface area (Å²) in [4.78, 5) is 0. The van der Waals surface area contributed by atoms with E-state index in [2.05, 4.69) is 12.2 Å². The maximum absolute atomic E-state index is 6.13. The van der Waals surface area contributed by atoms with Gasteiger partial charge in [0.1, 0.15) is 11.9 Å². The van der Waals surface area contributed by atoms with Crippen molar-refractivity contribution in [3.05, 3.63) is 28.8 Å². The van der Waals surface area contributed by atoms with Crippen molar-refractivity contribution < 1.29 is 4.74 Å². The van der Waals surface area contributed by atoms with E-state index >= 15 is 0 Å². The predicted octanol–water partition coefficient (Wildman–Crippen LogP) is 3.42. The third-order valence-electron chi connectivity index (χ3n) is 3.52. The molecule has 0 bridgehead atoms. The molecule has 0 saturated carbocycles. The minimum absolute atomic E-state index is 0.294. The first kappa shape index (κ1) is 12.7. The lowest BCUT2D eigenvalue weighted by Crippen LogP contribution is -2.28. The fourth-order valence-electron chi connectivity index (χ4n) is 2.39. The Balaban J connectivity index is 2.09. The Morgan fingerprint density at radius 1 is 1.53 bits per heavy atom. The Kier molecular flexibility index (Phi) is 4.30. The molecule has 17 heavy (non-hydrogen) atoms. The fraction of sp³-hybridized carbons (Fsp3) is 0.571. The Morgan fingerprint density at radius 3 is 3.00 bits per heavy atom. The zero-order chi connectivity index (χ0) is 12.3. The Bertz CT molecular complexity index is 374. The van der Waals surface area contributed by atoms with Gasteiger partial charge in [0, 0.05) is 23.0 Å². The largest absolute Gasteiger partial charge is 0.490 e. The zero-order valence-electron chi connectivity index (χ0n) is 10.5. The molecule has 1 aliphatic heterocycles. The smallest absolute Gasteiger partial charge is 0.124 e. The number of hydrogen-bond donors (Lipinski definition) is 1. The lowest BCUT2D eigenvalue weighted by Gasteiger charge is -2.24. The Morgan fingerprint density at radius 2 is 2.35 bits per heavy atom. The van der Waals surface area contributed by atoms with Crippen LogP contribution in [-0.4, -0.2) is 19.2 Å². The molecular formula is C14H20ClNO. The summed E-state index contributed by atoms with van der Waals surface area (Å²) in [6.45, 7) is 6.37. The molecule has 0 amide bonds. The van der Waals surface area contributed by atoms with Gasteiger partial charge in [-0.05, 0) is 38.4 Å². The van der Waals surface area contributed by atoms with Gasteiger partial charge in [0.15, 0.2) is 0 Å². The van der Waals surface area contributed by atoms with E-state index in [9.17, 15) is 0 Å². The number of halogens is 1. The second kappa shape index (κ2) is 5.74. The monoisotopic (exact) mass is 253 g/mol. The maximum Gasteiger partial charge on any atom is 0.124 e. The topological polar surface area (TPSA) is 21.3 Å². The van der Waals surface area contributed by atoms with Crippen LogP contribution in [0.2, 0.25) is 5.02 Å². The maximum atomic E-state index is 6.13. The highest BCUT2D eigenvalue weighted by Gasteiger charge is 2.25. The Labute approximate surface area is 108 Å². The summed E-state index contributed by atoms with van der Waals surface area (Å²) in [5, 5.41) is 4.17. The molecule has 1 fully saturated rings. The summed E-state index contributed by atoms with van der Waals surface area (Å²) in [6, 6.07) is 5.86. The molecule has 3 heteroatoms. The van der Waals surface area contributed by atoms with E-state index in [0.717, 1.165) is 35.8 Å². The number of rotatable bonds is 4. The van der Waals surface area contributed by atoms with Crippen LogP contribution in [0, 0.1) is 12.8 Å². The van der Waals surface area contributed by atoms with E-state index in [1.165, 1.54) is 6.42 Å². The lowest BCUT2D eigenvalue weighted by molar-refractivity contribution is 0.137. The van der Waals surface area contributed by atoms with E-state index in [1.54, 1.807) is 0 Å². The van der Waals surface area contributed by atoms with Gasteiger partial charge in [0.2, 0.25) is 0 Å². The van der Waals surface area contributed by atoms with Gasteiger partial charge in [-0.15, -0.1) is 0 Å². The van der Waals surface area contributed by atoms with Gasteiger partial charge in [-0.1, -0.05) is 24.6 Å². The Hall–Kier alpha value is -0.730. The van der Waals surface area contributed by atoms with Crippen LogP contribution in [0.1, 0.15) is 25.3 Å². The third kappa shape index (κ3) is 2.93. The summed E-state index contributed by atoms with van der Waals surface area (Å²) >= 11 is 6.11. The zero-order valence-corrected chi connectivity index (χ0v) is 11.3. The highest BCUT2D eigenvalue weighted by atomic mass is 35.5. The molecule has 0 spiro atoms. The van der Waals surface area contributed by atoms with Gasteiger partial charge in [0.05, 0.1) is 0 Å². The second-order valence-corrected chi connectivity index (χ2v) is 5.09. The molecule has 2 atom stereocenters. The van der Waals surface area contributed by atoms with E-state index in [0.29, 0.717) is 12.0 Å². The van der Waals surface area contributed by atoms with Crippen molar-refractivity contribution in [2.45, 2.75) is 32.8 Å². The first-order valence-electron chi connectivity index (χ1n) is 6.35. The van der Waals surface area contributed by atoms with Crippen LogP contribution in [0.4, 0.5) is 0 Å². The van der Waals surface area contributed by atoms with Crippen molar-refractivity contribution in [3.8, 4) is 5.75 Å². The highest BCUT2D eigenvalue weighted by molar-refractivity contribution is 6.31. The number of nitrogens with one attached hydrogen (secondary N) is 1. The molecule has 2 nitrogen and oxygen atoms in total. The minimum Gasteiger partial charge on any atom is -0.490 e. The number of hydrogen-bond acceptors (Lipinski definition) is 2. The van der Waals surface area contributed by atoms with Crippen LogP contribution in [0.25, 0.3) is 0 Å². The highest BCUT2D eigenvalue weighted by Crippen LogP contribution is 2.28. The van der Waals surface area contributed by atoms with Crippen LogP contribution in [-0.2, 0) is 0 Å². The molecule has 1 saturated heterocycles. The standard InChI is InChI=1S/C14H20ClNO/c1-3-13(11-7-8-16-9-11)17-14-6-4-5-12(15)10(14)2/h4-6,11,13,16H,3,7-9H2,1-2H3/t11-,13-/m0/s1. The molecule has 0 aromatic heterocycles. The molecular weight excluding hydrogens is 234 g/mol. The molecule has 0 aliphatic carbocycles. The molecule has 1 N–H and O–H groups in total. The van der Waals surface area contributed by atoms with Gasteiger partial charge in [-0.3, -0.25) is 0 Å². The van der Waals surface area contributed by atoms with Crippen molar-refractivity contribution in [2.24, 2.45) is 5.92 Å². The summed E-state index contributed by atoms with van der Waals surface area (Å²) < 4.78 is 6.13. The van der Waals surface area contributed by atoms with Crippen LogP contribution in [0.15, 0.2) is 18.2 Å². The van der Waals surface area contributed by atoms with Crippen molar-refractivity contribution in [1.82, 2.24) is 5.32 Å². The van der Waals surface area contributed by atoms with Gasteiger partial charge >= 0.3 is 0 Å². The molecule has 0 radical (unpaired) electrons. The van der Waals surface area contributed by atoms with E-state index < -0.39 is 0 Å².